The van der Waals surface area contributed by atoms with Crippen molar-refractivity contribution in [2.24, 2.45) is 0 Å². The van der Waals surface area contributed by atoms with E-state index in [0.717, 1.165) is 0 Å². The van der Waals surface area contributed by atoms with E-state index in [1.54, 1.807) is 91.0 Å². The molecule has 10 atom stereocenters. The van der Waals surface area contributed by atoms with Crippen molar-refractivity contribution in [3.05, 3.63) is 108 Å². The number of carbonyl (C=O) groups is 3. The van der Waals surface area contributed by atoms with Gasteiger partial charge in [-0.1, -0.05) is 119 Å². The van der Waals surface area contributed by atoms with Crippen molar-refractivity contribution < 1.29 is 56.4 Å². The van der Waals surface area contributed by atoms with Crippen LogP contribution in [-0.4, -0.2) is 107 Å². The molecule has 0 saturated carbocycles. The first-order valence-corrected chi connectivity index (χ1v) is 27.8. The summed E-state index contributed by atoms with van der Waals surface area (Å²) in [6.07, 6.45) is -8.55. The van der Waals surface area contributed by atoms with Gasteiger partial charge in [-0.25, -0.2) is 14.4 Å². The van der Waals surface area contributed by atoms with Crippen LogP contribution in [-0.2, 0) is 42.0 Å². The Morgan fingerprint density at radius 1 is 0.574 bits per heavy atom. The Balaban J connectivity index is 1.51. The first-order valence-electron chi connectivity index (χ1n) is 20.8. The van der Waals surface area contributed by atoms with Crippen LogP contribution in [0.15, 0.2) is 91.0 Å². The molecule has 3 aromatic rings. The molecule has 0 N–H and O–H groups in total. The minimum Gasteiger partial charge on any atom is -0.452 e. The second-order valence-electron chi connectivity index (χ2n) is 18.7. The number of benzene rings is 3. The second-order valence-corrected chi connectivity index (χ2v) is 29.6. The third-order valence-electron chi connectivity index (χ3n) is 12.2. The summed E-state index contributed by atoms with van der Waals surface area (Å²) in [5, 5.41) is -0.144. The molecule has 0 unspecified atom stereocenters. The van der Waals surface area contributed by atoms with Gasteiger partial charge in [0.25, 0.3) is 0 Å². The van der Waals surface area contributed by atoms with Crippen molar-refractivity contribution in [1.82, 2.24) is 0 Å². The van der Waals surface area contributed by atoms with Crippen molar-refractivity contribution in [2.45, 2.75) is 144 Å². The molecule has 2 aliphatic heterocycles. The number of carbonyl (C=O) groups excluding carboxylic acids is 3. The van der Waals surface area contributed by atoms with Crippen molar-refractivity contribution in [2.75, 3.05) is 13.7 Å². The van der Waals surface area contributed by atoms with E-state index < -0.39 is 83.7 Å². The van der Waals surface area contributed by atoms with Crippen LogP contribution in [0.1, 0.15) is 79.5 Å². The fourth-order valence-corrected chi connectivity index (χ4v) is 10.4. The van der Waals surface area contributed by atoms with E-state index in [0.29, 0.717) is 0 Å². The average molecular weight is 991 g/mol. The SMILES string of the molecule is CO[C@H]1O[C@H](CO[C@H]2O[C@H](C)[C@@H](O[Si](C)(C)C(C)(C)C)[C@H](O[Si](C)(C)C(C)(C)C)[C@@H]2I)[C@@H](OC(=O)c2ccccc2)[C@H](OC(=O)c2ccccc2)[C@H]1OC(=O)c1ccccc1. The maximum Gasteiger partial charge on any atom is 0.338 e. The average Bonchev–Trinajstić information content (AvgIpc) is 3.21. The summed E-state index contributed by atoms with van der Waals surface area (Å²) in [6.45, 7) is 23.9. The number of hydrogen-bond donors (Lipinski definition) is 0. The zero-order chi connectivity index (χ0) is 44.9. The third-order valence-corrected chi connectivity index (χ3v) is 22.4. The van der Waals surface area contributed by atoms with Crippen molar-refractivity contribution in [1.29, 1.82) is 0 Å². The summed E-state index contributed by atoms with van der Waals surface area (Å²) in [5.41, 5.74) is 0.726. The van der Waals surface area contributed by atoms with E-state index in [1.807, 2.05) is 6.92 Å². The number of ether oxygens (including phenoxy) is 7. The third kappa shape index (κ3) is 12.0. The van der Waals surface area contributed by atoms with E-state index in [9.17, 15) is 14.4 Å². The van der Waals surface area contributed by atoms with Gasteiger partial charge in [-0.05, 0) is 79.6 Å². The second kappa shape index (κ2) is 20.2. The topological polar surface area (TPSA) is 134 Å². The molecule has 0 amide bonds. The van der Waals surface area contributed by atoms with Crippen LogP contribution < -0.4 is 0 Å². The number of esters is 3. The van der Waals surface area contributed by atoms with Gasteiger partial charge in [0, 0.05) is 7.11 Å². The Kier molecular flexibility index (Phi) is 16.3. The van der Waals surface area contributed by atoms with Crippen LogP contribution in [0.25, 0.3) is 0 Å². The molecule has 2 aliphatic rings. The van der Waals surface area contributed by atoms with Crippen LogP contribution >= 0.6 is 22.6 Å². The molecular weight excluding hydrogens is 928 g/mol. The predicted octanol–water partition coefficient (Wildman–Crippen LogP) is 9.38. The van der Waals surface area contributed by atoms with E-state index in [2.05, 4.69) is 90.3 Å². The Bertz CT molecular complexity index is 1900. The molecule has 15 heteroatoms. The number of halogens is 1. The van der Waals surface area contributed by atoms with Crippen molar-refractivity contribution in [3.8, 4) is 0 Å². The Labute approximate surface area is 377 Å². The Morgan fingerprint density at radius 3 is 1.38 bits per heavy atom. The molecular formula is C46H63IO12Si2. The van der Waals surface area contributed by atoms with Gasteiger partial charge in [0.1, 0.15) is 6.10 Å². The van der Waals surface area contributed by atoms with E-state index in [-0.39, 0.29) is 43.4 Å². The molecule has 2 heterocycles. The highest BCUT2D eigenvalue weighted by atomic mass is 127. The largest absolute Gasteiger partial charge is 0.452 e. The summed E-state index contributed by atoms with van der Waals surface area (Å²) in [6, 6.07) is 25.1. The molecule has 0 spiro atoms. The van der Waals surface area contributed by atoms with Gasteiger partial charge in [0.05, 0.1) is 45.5 Å². The normalized spacial score (nSPS) is 27.5. The maximum atomic E-state index is 13.9. The predicted molar refractivity (Wildman–Crippen MR) is 245 cm³/mol. The number of hydrogen-bond acceptors (Lipinski definition) is 12. The van der Waals surface area contributed by atoms with Crippen LogP contribution in [0.2, 0.25) is 36.3 Å². The van der Waals surface area contributed by atoms with Gasteiger partial charge >= 0.3 is 17.9 Å². The van der Waals surface area contributed by atoms with Gasteiger partial charge in [-0.15, -0.1) is 0 Å². The minimum absolute atomic E-state index is 0.0570. The molecule has 0 aromatic heterocycles. The fraction of sp³-hybridized carbons (Fsp3) is 0.543. The van der Waals surface area contributed by atoms with Gasteiger partial charge in [-0.3, -0.25) is 0 Å². The van der Waals surface area contributed by atoms with E-state index in [4.69, 9.17) is 42.0 Å². The van der Waals surface area contributed by atoms with Gasteiger partial charge in [-0.2, -0.15) is 0 Å². The lowest BCUT2D eigenvalue weighted by Crippen LogP contribution is -2.65. The van der Waals surface area contributed by atoms with Crippen LogP contribution in [0.3, 0.4) is 0 Å². The summed E-state index contributed by atoms with van der Waals surface area (Å²) in [4.78, 5) is 41.4. The number of rotatable bonds is 14. The highest BCUT2D eigenvalue weighted by Crippen LogP contribution is 2.44. The molecule has 61 heavy (non-hydrogen) atoms. The summed E-state index contributed by atoms with van der Waals surface area (Å²) in [7, 11) is -3.26. The van der Waals surface area contributed by atoms with Gasteiger partial charge < -0.3 is 42.0 Å². The quantitative estimate of drug-likeness (QED) is 0.0501. The zero-order valence-corrected chi connectivity index (χ0v) is 41.6. The van der Waals surface area contributed by atoms with Crippen LogP contribution in [0.4, 0.5) is 0 Å². The maximum absolute atomic E-state index is 13.9. The molecule has 0 aliphatic carbocycles. The van der Waals surface area contributed by atoms with Crippen LogP contribution in [0, 0.1) is 0 Å². The van der Waals surface area contributed by atoms with Crippen molar-refractivity contribution in [3.63, 3.8) is 0 Å². The van der Waals surface area contributed by atoms with Crippen molar-refractivity contribution >= 4 is 57.1 Å². The van der Waals surface area contributed by atoms with Gasteiger partial charge in [0.2, 0.25) is 0 Å². The fourth-order valence-electron chi connectivity index (χ4n) is 6.52. The number of alkyl halides is 1. The summed E-state index contributed by atoms with van der Waals surface area (Å²) in [5.74, 6) is -2.18. The lowest BCUT2D eigenvalue weighted by molar-refractivity contribution is -0.306. The Morgan fingerprint density at radius 2 is 0.967 bits per heavy atom. The first-order chi connectivity index (χ1) is 28.5. The molecule has 12 nitrogen and oxygen atoms in total. The monoisotopic (exact) mass is 990 g/mol. The first kappa shape index (κ1) is 49.0. The van der Waals surface area contributed by atoms with E-state index >= 15 is 0 Å². The highest BCUT2D eigenvalue weighted by molar-refractivity contribution is 14.1. The zero-order valence-electron chi connectivity index (χ0n) is 37.4. The lowest BCUT2D eigenvalue weighted by atomic mass is 9.97. The smallest absolute Gasteiger partial charge is 0.338 e. The molecule has 0 radical (unpaired) electrons. The lowest BCUT2D eigenvalue weighted by Gasteiger charge is -2.51. The standard InChI is InChI=1S/C46H63IO12Si2/c1-29-35(58-60(9,10)45(2,3)4)37(59-61(11,12)46(5,6)7)34(47)43(53-29)52-28-33-36(55-40(48)30-22-16-13-17-23-30)38(56-41(49)31-24-18-14-19-25-31)39(44(51-8)54-33)57-42(50)32-26-20-15-21-27-32/h13-27,29,33-39,43-44H,28H2,1-12H3/t29-,33-,34+,35-,36-,37-,38+,39-,43+,44+/m1/s1. The molecule has 3 aromatic carbocycles. The number of methoxy groups -OCH3 is 1. The van der Waals surface area contributed by atoms with E-state index in [1.165, 1.54) is 7.11 Å². The molecule has 2 fully saturated rings. The summed E-state index contributed by atoms with van der Waals surface area (Å²) >= 11 is 2.34. The molecule has 0 bridgehead atoms. The highest BCUT2D eigenvalue weighted by Gasteiger charge is 2.55. The Hall–Kier alpha value is -3.01. The van der Waals surface area contributed by atoms with Crippen LogP contribution in [0.5, 0.6) is 0 Å². The summed E-state index contributed by atoms with van der Waals surface area (Å²) < 4.78 is 58.0. The minimum atomic E-state index is -2.36. The van der Waals surface area contributed by atoms with Gasteiger partial charge in [0.15, 0.2) is 47.5 Å². The molecule has 2 saturated heterocycles. The molecule has 5 rings (SSSR count). The molecule has 334 valence electrons.